The molecule has 1 rings (SSSR count). The van der Waals surface area contributed by atoms with Crippen LogP contribution in [0.15, 0.2) is 25.3 Å². The summed E-state index contributed by atoms with van der Waals surface area (Å²) in [7, 11) is 0. The fourth-order valence-electron chi connectivity index (χ4n) is 1.91. The molecule has 0 amide bonds. The monoisotopic (exact) mass is 338 g/mol. The third-order valence-corrected chi connectivity index (χ3v) is 3.02. The first kappa shape index (κ1) is 20.2. The number of benzene rings is 1. The molecule has 0 aliphatic heterocycles. The average molecular weight is 338 g/mol. The number of ether oxygens (including phenoxy) is 4. The van der Waals surface area contributed by atoms with Crippen molar-refractivity contribution >= 4 is 12.2 Å². The first-order chi connectivity index (χ1) is 11.8. The molecular formula is C18H26O6. The van der Waals surface area contributed by atoms with Gasteiger partial charge in [-0.15, -0.1) is 0 Å². The predicted octanol–water partition coefficient (Wildman–Crippen LogP) is 1.75. The lowest BCUT2D eigenvalue weighted by atomic mass is 10.1. The summed E-state index contributed by atoms with van der Waals surface area (Å²) in [5.41, 5.74) is 1.60. The molecule has 134 valence electrons. The Morgan fingerprint density at radius 2 is 1.12 bits per heavy atom. The van der Waals surface area contributed by atoms with E-state index in [1.54, 1.807) is 12.2 Å². The fourth-order valence-corrected chi connectivity index (χ4v) is 1.91. The quantitative estimate of drug-likeness (QED) is 0.503. The van der Waals surface area contributed by atoms with Crippen LogP contribution >= 0.6 is 0 Å². The normalized spacial score (nSPS) is 10.4. The van der Waals surface area contributed by atoms with Gasteiger partial charge in [0, 0.05) is 11.1 Å². The molecule has 0 bridgehead atoms. The first-order valence-corrected chi connectivity index (χ1v) is 7.82. The summed E-state index contributed by atoms with van der Waals surface area (Å²) < 4.78 is 21.7. The molecule has 0 saturated carbocycles. The van der Waals surface area contributed by atoms with E-state index >= 15 is 0 Å². The Balaban J connectivity index is 2.66. The van der Waals surface area contributed by atoms with Gasteiger partial charge in [0.1, 0.15) is 24.7 Å². The average Bonchev–Trinajstić information content (AvgIpc) is 2.61. The summed E-state index contributed by atoms with van der Waals surface area (Å²) >= 11 is 0. The predicted molar refractivity (Wildman–Crippen MR) is 93.4 cm³/mol. The van der Waals surface area contributed by atoms with Gasteiger partial charge in [-0.05, 0) is 12.1 Å². The van der Waals surface area contributed by atoms with Crippen molar-refractivity contribution in [2.45, 2.75) is 0 Å². The van der Waals surface area contributed by atoms with Crippen LogP contribution in [0.25, 0.3) is 12.2 Å². The van der Waals surface area contributed by atoms with Crippen LogP contribution in [0, 0.1) is 0 Å². The van der Waals surface area contributed by atoms with Gasteiger partial charge in [0.05, 0.1) is 39.6 Å². The maximum absolute atomic E-state index is 8.66. The van der Waals surface area contributed by atoms with Gasteiger partial charge in [-0.3, -0.25) is 0 Å². The van der Waals surface area contributed by atoms with Crippen molar-refractivity contribution in [3.63, 3.8) is 0 Å². The first-order valence-electron chi connectivity index (χ1n) is 7.82. The van der Waals surface area contributed by atoms with E-state index < -0.39 is 0 Å². The van der Waals surface area contributed by atoms with Crippen molar-refractivity contribution in [1.82, 2.24) is 0 Å². The molecule has 0 aromatic heterocycles. The van der Waals surface area contributed by atoms with Gasteiger partial charge in [0.2, 0.25) is 0 Å². The lowest BCUT2D eigenvalue weighted by Gasteiger charge is -2.15. The van der Waals surface area contributed by atoms with Gasteiger partial charge >= 0.3 is 0 Å². The maximum atomic E-state index is 8.66. The molecule has 0 unspecified atom stereocenters. The fraction of sp³-hybridized carbons (Fsp3) is 0.444. The van der Waals surface area contributed by atoms with Crippen LogP contribution in [0.5, 0.6) is 11.5 Å². The van der Waals surface area contributed by atoms with Gasteiger partial charge in [-0.1, -0.05) is 25.3 Å². The molecule has 1 aromatic rings. The van der Waals surface area contributed by atoms with E-state index in [0.29, 0.717) is 51.1 Å². The van der Waals surface area contributed by atoms with Crippen LogP contribution in [-0.4, -0.2) is 63.1 Å². The van der Waals surface area contributed by atoms with Crippen LogP contribution in [0.1, 0.15) is 11.1 Å². The number of aliphatic hydroxyl groups excluding tert-OH is 2. The summed E-state index contributed by atoms with van der Waals surface area (Å²) in [6.07, 6.45) is 3.37. The Hall–Kier alpha value is -1.86. The minimum Gasteiger partial charge on any atom is -0.491 e. The number of hydrogen-bond donors (Lipinski definition) is 2. The Labute approximate surface area is 142 Å². The third kappa shape index (κ3) is 7.14. The van der Waals surface area contributed by atoms with E-state index in [4.69, 9.17) is 29.2 Å². The molecule has 0 fully saturated rings. The largest absolute Gasteiger partial charge is 0.491 e. The number of hydrogen-bond acceptors (Lipinski definition) is 6. The van der Waals surface area contributed by atoms with Crippen molar-refractivity contribution in [3.05, 3.63) is 36.4 Å². The molecule has 0 aliphatic carbocycles. The Kier molecular flexibility index (Phi) is 10.6. The molecule has 0 atom stereocenters. The summed E-state index contributed by atoms with van der Waals surface area (Å²) in [4.78, 5) is 0. The van der Waals surface area contributed by atoms with Crippen LogP contribution in [0.4, 0.5) is 0 Å². The topological polar surface area (TPSA) is 77.4 Å². The maximum Gasteiger partial charge on any atom is 0.127 e. The molecule has 0 aliphatic rings. The minimum atomic E-state index is -0.00737. The van der Waals surface area contributed by atoms with E-state index in [9.17, 15) is 0 Å². The van der Waals surface area contributed by atoms with Crippen molar-refractivity contribution in [2.75, 3.05) is 52.9 Å². The highest BCUT2D eigenvalue weighted by molar-refractivity contribution is 5.66. The summed E-state index contributed by atoms with van der Waals surface area (Å²) in [6, 6.07) is 3.67. The second-order valence-corrected chi connectivity index (χ2v) is 4.70. The van der Waals surface area contributed by atoms with E-state index in [-0.39, 0.29) is 13.2 Å². The van der Waals surface area contributed by atoms with Crippen molar-refractivity contribution in [2.24, 2.45) is 0 Å². The lowest BCUT2D eigenvalue weighted by Crippen LogP contribution is -2.11. The van der Waals surface area contributed by atoms with Gasteiger partial charge in [0.25, 0.3) is 0 Å². The van der Waals surface area contributed by atoms with E-state index in [0.717, 1.165) is 11.1 Å². The van der Waals surface area contributed by atoms with Crippen LogP contribution in [-0.2, 0) is 9.47 Å². The second kappa shape index (κ2) is 12.5. The van der Waals surface area contributed by atoms with Gasteiger partial charge in [-0.25, -0.2) is 0 Å². The van der Waals surface area contributed by atoms with Crippen molar-refractivity contribution in [1.29, 1.82) is 0 Å². The molecular weight excluding hydrogens is 312 g/mol. The number of aliphatic hydroxyl groups is 2. The highest BCUT2D eigenvalue weighted by Crippen LogP contribution is 2.30. The standard InChI is InChI=1S/C18H26O6/c1-3-15-13-18(24-12-10-22-8-6-20)16(4-2)14-17(15)23-11-9-21-7-5-19/h3-4,13-14,19-20H,1-2,5-12H2. The van der Waals surface area contributed by atoms with Crippen LogP contribution in [0.2, 0.25) is 0 Å². The molecule has 0 heterocycles. The zero-order valence-electron chi connectivity index (χ0n) is 13.9. The minimum absolute atomic E-state index is 0.00737. The third-order valence-electron chi connectivity index (χ3n) is 3.02. The Bertz CT molecular complexity index is 455. The van der Waals surface area contributed by atoms with Gasteiger partial charge in [-0.2, -0.15) is 0 Å². The highest BCUT2D eigenvalue weighted by Gasteiger charge is 2.09. The van der Waals surface area contributed by atoms with E-state index in [1.165, 1.54) is 0 Å². The van der Waals surface area contributed by atoms with E-state index in [2.05, 4.69) is 13.2 Å². The molecule has 6 nitrogen and oxygen atoms in total. The zero-order chi connectivity index (χ0) is 17.6. The summed E-state index contributed by atoms with van der Waals surface area (Å²) in [5.74, 6) is 1.33. The Morgan fingerprint density at radius 3 is 1.46 bits per heavy atom. The number of rotatable bonds is 14. The van der Waals surface area contributed by atoms with Crippen LogP contribution < -0.4 is 9.47 Å². The van der Waals surface area contributed by atoms with E-state index in [1.807, 2.05) is 12.1 Å². The molecule has 24 heavy (non-hydrogen) atoms. The van der Waals surface area contributed by atoms with Gasteiger partial charge in [0.15, 0.2) is 0 Å². The van der Waals surface area contributed by atoms with Crippen molar-refractivity contribution in [3.8, 4) is 11.5 Å². The summed E-state index contributed by atoms with van der Waals surface area (Å²) in [6.45, 7) is 9.66. The SMILES string of the molecule is C=Cc1cc(OCCOCCO)c(C=C)cc1OCCOCCO. The summed E-state index contributed by atoms with van der Waals surface area (Å²) in [5, 5.41) is 17.3. The Morgan fingerprint density at radius 1 is 0.708 bits per heavy atom. The molecule has 6 heteroatoms. The molecule has 1 aromatic carbocycles. The zero-order valence-corrected chi connectivity index (χ0v) is 13.9. The molecule has 0 spiro atoms. The van der Waals surface area contributed by atoms with Gasteiger partial charge < -0.3 is 29.2 Å². The van der Waals surface area contributed by atoms with Crippen molar-refractivity contribution < 1.29 is 29.2 Å². The smallest absolute Gasteiger partial charge is 0.127 e. The highest BCUT2D eigenvalue weighted by atomic mass is 16.5. The molecule has 2 N–H and O–H groups in total. The van der Waals surface area contributed by atoms with Crippen LogP contribution in [0.3, 0.4) is 0 Å². The molecule has 0 radical (unpaired) electrons. The second-order valence-electron chi connectivity index (χ2n) is 4.70. The lowest BCUT2D eigenvalue weighted by molar-refractivity contribution is 0.0696. The molecule has 0 saturated heterocycles.